The maximum Gasteiger partial charge on any atom is 0.472 e. The fourth-order valence-electron chi connectivity index (χ4n) is 5.57. The van der Waals surface area contributed by atoms with Crippen LogP contribution in [0.3, 0.4) is 0 Å². The molecule has 0 aliphatic rings. The largest absolute Gasteiger partial charge is 0.472 e. The van der Waals surface area contributed by atoms with Gasteiger partial charge >= 0.3 is 7.82 Å². The van der Waals surface area contributed by atoms with Crippen LogP contribution >= 0.6 is 7.82 Å². The van der Waals surface area contributed by atoms with E-state index < -0.39 is 20.0 Å². The average Bonchev–Trinajstić information content (AvgIpc) is 3.01. The molecule has 0 aromatic carbocycles. The Bertz CT molecular complexity index is 789. The van der Waals surface area contributed by atoms with Crippen molar-refractivity contribution in [1.29, 1.82) is 0 Å². The van der Waals surface area contributed by atoms with Crippen LogP contribution in [0.2, 0.25) is 0 Å². The second kappa shape index (κ2) is 31.2. The van der Waals surface area contributed by atoms with E-state index in [1.807, 2.05) is 27.2 Å². The van der Waals surface area contributed by atoms with Gasteiger partial charge < -0.3 is 19.8 Å². The lowest BCUT2D eigenvalue weighted by molar-refractivity contribution is -0.870. The molecule has 0 rings (SSSR count). The van der Waals surface area contributed by atoms with Crippen molar-refractivity contribution in [2.24, 2.45) is 0 Å². The number of allylic oxidation sites excluding steroid dienone is 1. The predicted octanol–water partition coefficient (Wildman–Crippen LogP) is 10.0. The van der Waals surface area contributed by atoms with Gasteiger partial charge in [-0.1, -0.05) is 161 Å². The summed E-state index contributed by atoms with van der Waals surface area (Å²) in [7, 11) is 1.58. The fourth-order valence-corrected chi connectivity index (χ4v) is 6.31. The Morgan fingerprint density at radius 1 is 0.702 bits per heavy atom. The Hall–Kier alpha value is -0.760. The van der Waals surface area contributed by atoms with Crippen molar-refractivity contribution < 1.29 is 32.9 Å². The van der Waals surface area contributed by atoms with Crippen LogP contribution in [0.5, 0.6) is 0 Å². The summed E-state index contributed by atoms with van der Waals surface area (Å²) in [5.74, 6) is -0.178. The fraction of sp³-hybridized carbons (Fsp3) is 0.921. The highest BCUT2D eigenvalue weighted by Gasteiger charge is 2.27. The number of phosphoric ester groups is 1. The lowest BCUT2D eigenvalue weighted by Crippen LogP contribution is -2.45. The lowest BCUT2D eigenvalue weighted by atomic mass is 10.0. The van der Waals surface area contributed by atoms with Gasteiger partial charge in [0.15, 0.2) is 0 Å². The van der Waals surface area contributed by atoms with Crippen LogP contribution in [0.4, 0.5) is 0 Å². The topological polar surface area (TPSA) is 105 Å². The number of likely N-dealkylation sites (N-methyl/N-ethyl adjacent to an activating group) is 1. The van der Waals surface area contributed by atoms with Gasteiger partial charge in [0, 0.05) is 6.42 Å². The van der Waals surface area contributed by atoms with Gasteiger partial charge in [0.1, 0.15) is 13.2 Å². The Kier molecular flexibility index (Phi) is 30.7. The van der Waals surface area contributed by atoms with Crippen LogP contribution in [0.15, 0.2) is 12.2 Å². The molecule has 3 atom stereocenters. The summed E-state index contributed by atoms with van der Waals surface area (Å²) >= 11 is 0. The summed E-state index contributed by atoms with van der Waals surface area (Å²) in [6.07, 6.45) is 32.7. The zero-order chi connectivity index (χ0) is 35.1. The number of amides is 1. The number of unbranched alkanes of at least 4 members (excludes halogenated alkanes) is 22. The third-order valence-corrected chi connectivity index (χ3v) is 9.74. The number of nitrogens with one attached hydrogen (secondary N) is 1. The molecule has 0 spiro atoms. The molecule has 0 bridgehead atoms. The van der Waals surface area contributed by atoms with Crippen molar-refractivity contribution >= 4 is 13.7 Å². The normalized spacial score (nSPS) is 14.8. The molecule has 0 aliphatic carbocycles. The molecule has 0 aromatic heterocycles. The number of aliphatic hydroxyl groups is 1. The monoisotopic (exact) mass is 690 g/mol. The van der Waals surface area contributed by atoms with Gasteiger partial charge in [-0.15, -0.1) is 0 Å². The quantitative estimate of drug-likeness (QED) is 0.0265. The minimum absolute atomic E-state index is 0.0641. The van der Waals surface area contributed by atoms with Crippen molar-refractivity contribution in [3.05, 3.63) is 12.2 Å². The summed E-state index contributed by atoms with van der Waals surface area (Å²) in [6.45, 7) is 4.79. The van der Waals surface area contributed by atoms with Gasteiger partial charge in [-0.05, 0) is 19.3 Å². The van der Waals surface area contributed by atoms with E-state index in [9.17, 15) is 19.4 Å². The highest BCUT2D eigenvalue weighted by molar-refractivity contribution is 7.47. The van der Waals surface area contributed by atoms with E-state index in [1.165, 1.54) is 116 Å². The number of carbonyl (C=O) groups excluding carboxylic acids is 1. The minimum atomic E-state index is -4.32. The lowest BCUT2D eigenvalue weighted by Gasteiger charge is -2.25. The zero-order valence-corrected chi connectivity index (χ0v) is 32.4. The molecule has 0 radical (unpaired) electrons. The van der Waals surface area contributed by atoms with Gasteiger partial charge in [-0.25, -0.2) is 4.57 Å². The number of carbonyl (C=O) groups is 1. The van der Waals surface area contributed by atoms with Crippen LogP contribution in [0.25, 0.3) is 0 Å². The molecule has 3 N–H and O–H groups in total. The first kappa shape index (κ1) is 46.2. The molecule has 1 unspecified atom stereocenters. The molecular formula is C38H78N2O6P+. The molecule has 0 heterocycles. The summed E-state index contributed by atoms with van der Waals surface area (Å²) in [5.41, 5.74) is 0. The first-order valence-electron chi connectivity index (χ1n) is 19.6. The highest BCUT2D eigenvalue weighted by atomic mass is 31.2. The van der Waals surface area contributed by atoms with E-state index in [4.69, 9.17) is 9.05 Å². The van der Waals surface area contributed by atoms with Crippen molar-refractivity contribution in [1.82, 2.24) is 5.32 Å². The third kappa shape index (κ3) is 33.5. The average molecular weight is 690 g/mol. The molecule has 280 valence electrons. The Labute approximate surface area is 291 Å². The van der Waals surface area contributed by atoms with Crippen molar-refractivity contribution in [2.45, 2.75) is 187 Å². The molecule has 0 aromatic rings. The number of rotatable bonds is 35. The molecule has 47 heavy (non-hydrogen) atoms. The van der Waals surface area contributed by atoms with E-state index >= 15 is 0 Å². The van der Waals surface area contributed by atoms with Crippen LogP contribution in [0.1, 0.15) is 174 Å². The molecule has 0 aliphatic heterocycles. The molecule has 0 fully saturated rings. The van der Waals surface area contributed by atoms with Gasteiger partial charge in [-0.3, -0.25) is 13.8 Å². The SMILES string of the molecule is CCCCCCCCCCC/C=C/[C@@H](O)[C@H](COP(=O)(O)OCC[N+](C)(C)C)NC(=O)CCCCCCCCCCCCCCCC. The first-order valence-corrected chi connectivity index (χ1v) is 21.1. The van der Waals surface area contributed by atoms with Gasteiger partial charge in [0.2, 0.25) is 5.91 Å². The highest BCUT2D eigenvalue weighted by Crippen LogP contribution is 2.43. The van der Waals surface area contributed by atoms with Crippen molar-refractivity contribution in [3.63, 3.8) is 0 Å². The Balaban J connectivity index is 4.49. The smallest absolute Gasteiger partial charge is 0.387 e. The summed E-state index contributed by atoms with van der Waals surface area (Å²) < 4.78 is 23.4. The second-order valence-corrected chi connectivity index (χ2v) is 16.1. The number of quaternary nitrogens is 1. The standard InChI is InChI=1S/C38H77N2O6P/c1-6-8-10-12-14-16-18-19-20-22-24-26-28-30-32-38(42)39-36(35-46-47(43,44)45-34-33-40(3,4)5)37(41)31-29-27-25-23-21-17-15-13-11-9-7-2/h29,31,36-37,41H,6-28,30,32-35H2,1-5H3,(H-,39,42,43,44)/p+1/b31-29+/t36-,37+/m0/s1. The molecule has 0 saturated carbocycles. The molecular weight excluding hydrogens is 611 g/mol. The first-order chi connectivity index (χ1) is 22.5. The van der Waals surface area contributed by atoms with Crippen LogP contribution in [-0.2, 0) is 18.4 Å². The summed E-state index contributed by atoms with van der Waals surface area (Å²) in [5, 5.41) is 13.7. The van der Waals surface area contributed by atoms with Gasteiger partial charge in [-0.2, -0.15) is 0 Å². The second-order valence-electron chi connectivity index (χ2n) is 14.7. The van der Waals surface area contributed by atoms with E-state index in [-0.39, 0.29) is 19.1 Å². The van der Waals surface area contributed by atoms with E-state index in [0.717, 1.165) is 38.5 Å². The maximum absolute atomic E-state index is 12.8. The zero-order valence-electron chi connectivity index (χ0n) is 31.5. The Morgan fingerprint density at radius 2 is 1.13 bits per heavy atom. The van der Waals surface area contributed by atoms with Crippen molar-refractivity contribution in [3.8, 4) is 0 Å². The van der Waals surface area contributed by atoms with E-state index in [0.29, 0.717) is 17.4 Å². The van der Waals surface area contributed by atoms with Crippen molar-refractivity contribution in [2.75, 3.05) is 40.9 Å². The molecule has 0 saturated heterocycles. The summed E-state index contributed by atoms with van der Waals surface area (Å²) in [6, 6.07) is -0.837. The number of phosphoric acid groups is 1. The van der Waals surface area contributed by atoms with Crippen LogP contribution in [-0.4, -0.2) is 73.4 Å². The summed E-state index contributed by atoms with van der Waals surface area (Å²) in [4.78, 5) is 23.0. The molecule has 8 nitrogen and oxygen atoms in total. The van der Waals surface area contributed by atoms with Gasteiger partial charge in [0.05, 0.1) is 39.9 Å². The Morgan fingerprint density at radius 3 is 1.57 bits per heavy atom. The number of aliphatic hydroxyl groups excluding tert-OH is 1. The predicted molar refractivity (Wildman–Crippen MR) is 198 cm³/mol. The number of hydrogen-bond donors (Lipinski definition) is 3. The van der Waals surface area contributed by atoms with Crippen LogP contribution in [0, 0.1) is 0 Å². The van der Waals surface area contributed by atoms with E-state index in [1.54, 1.807) is 6.08 Å². The maximum atomic E-state index is 12.8. The minimum Gasteiger partial charge on any atom is -0.387 e. The van der Waals surface area contributed by atoms with Crippen LogP contribution < -0.4 is 5.32 Å². The molecule has 9 heteroatoms. The van der Waals surface area contributed by atoms with E-state index in [2.05, 4.69) is 19.2 Å². The third-order valence-electron chi connectivity index (χ3n) is 8.76. The number of nitrogens with zero attached hydrogens (tertiary/aromatic N) is 1. The molecule has 1 amide bonds. The number of hydrogen-bond acceptors (Lipinski definition) is 5. The van der Waals surface area contributed by atoms with Gasteiger partial charge in [0.25, 0.3) is 0 Å².